The van der Waals surface area contributed by atoms with Gasteiger partial charge in [-0.3, -0.25) is 20.1 Å². The molecule has 6 heteroatoms. The van der Waals surface area contributed by atoms with Gasteiger partial charge in [-0.15, -0.1) is 0 Å². The van der Waals surface area contributed by atoms with E-state index in [1.165, 1.54) is 11.1 Å². The van der Waals surface area contributed by atoms with Crippen LogP contribution in [0.25, 0.3) is 0 Å². The summed E-state index contributed by atoms with van der Waals surface area (Å²) in [6, 6.07) is 6.63. The summed E-state index contributed by atoms with van der Waals surface area (Å²) in [5.74, 6) is 1.04. The van der Waals surface area contributed by atoms with Gasteiger partial charge < -0.3 is 9.64 Å². The third kappa shape index (κ3) is 4.07. The molecule has 1 amide bonds. The topological polar surface area (TPSA) is 48.1 Å². The Hall–Kier alpha value is -2.73. The molecule has 3 aliphatic rings. The molecular formula is C22H28N4O2. The van der Waals surface area contributed by atoms with Crippen LogP contribution in [0.4, 0.5) is 0 Å². The number of carbonyl (C=O) groups is 1. The molecule has 0 spiro atoms. The molecule has 4 rings (SSSR count). The van der Waals surface area contributed by atoms with Gasteiger partial charge in [0.1, 0.15) is 5.75 Å². The Balaban J connectivity index is 1.33. The second-order valence-corrected chi connectivity index (χ2v) is 7.44. The summed E-state index contributed by atoms with van der Waals surface area (Å²) >= 11 is 0. The van der Waals surface area contributed by atoms with Crippen molar-refractivity contribution in [2.24, 2.45) is 0 Å². The van der Waals surface area contributed by atoms with E-state index in [1.807, 2.05) is 19.2 Å². The molecule has 0 atom stereocenters. The summed E-state index contributed by atoms with van der Waals surface area (Å²) in [4.78, 5) is 16.6. The first-order valence-electron chi connectivity index (χ1n) is 10.0. The highest BCUT2D eigenvalue weighted by atomic mass is 16.5. The van der Waals surface area contributed by atoms with Crippen LogP contribution in [0.3, 0.4) is 0 Å². The van der Waals surface area contributed by atoms with Crippen molar-refractivity contribution in [3.05, 3.63) is 65.7 Å². The average Bonchev–Trinajstić information content (AvgIpc) is 3.18. The number of benzene rings is 1. The highest BCUT2D eigenvalue weighted by molar-refractivity contribution is 5.75. The van der Waals surface area contributed by atoms with Gasteiger partial charge in [-0.05, 0) is 29.3 Å². The number of ether oxygens (including phenoxy) is 1. The minimum Gasteiger partial charge on any atom is -0.493 e. The number of hydrazine groups is 1. The van der Waals surface area contributed by atoms with Gasteiger partial charge in [0.15, 0.2) is 0 Å². The Kier molecular flexibility index (Phi) is 5.39. The third-order valence-corrected chi connectivity index (χ3v) is 5.49. The number of hydrogen-bond donors (Lipinski definition) is 1. The van der Waals surface area contributed by atoms with E-state index in [4.69, 9.17) is 4.74 Å². The first-order chi connectivity index (χ1) is 13.6. The molecule has 0 radical (unpaired) electrons. The summed E-state index contributed by atoms with van der Waals surface area (Å²) in [5, 5.41) is 1.72. The molecule has 0 saturated carbocycles. The molecule has 148 valence electrons. The molecule has 0 aromatic heterocycles. The third-order valence-electron chi connectivity index (χ3n) is 5.49. The lowest BCUT2D eigenvalue weighted by molar-refractivity contribution is -0.123. The first kappa shape index (κ1) is 18.6. The highest BCUT2D eigenvalue weighted by Gasteiger charge is 2.21. The van der Waals surface area contributed by atoms with Gasteiger partial charge in [-0.2, -0.15) is 0 Å². The van der Waals surface area contributed by atoms with E-state index in [1.54, 1.807) is 5.01 Å². The molecule has 1 saturated heterocycles. The lowest BCUT2D eigenvalue weighted by Crippen LogP contribution is -2.46. The predicted octanol–water partition coefficient (Wildman–Crippen LogP) is 2.41. The van der Waals surface area contributed by atoms with Gasteiger partial charge in [0.05, 0.1) is 24.2 Å². The van der Waals surface area contributed by atoms with Crippen LogP contribution >= 0.6 is 0 Å². The number of piperazine rings is 1. The van der Waals surface area contributed by atoms with Gasteiger partial charge >= 0.3 is 0 Å². The molecule has 28 heavy (non-hydrogen) atoms. The fourth-order valence-electron chi connectivity index (χ4n) is 3.76. The maximum absolute atomic E-state index is 11.7. The van der Waals surface area contributed by atoms with E-state index >= 15 is 0 Å². The summed E-state index contributed by atoms with van der Waals surface area (Å²) in [6.07, 6.45) is 7.46. The summed E-state index contributed by atoms with van der Waals surface area (Å²) in [7, 11) is 0. The minimum absolute atomic E-state index is 0.0183. The number of nitrogens with zero attached hydrogens (tertiary/aromatic N) is 3. The Morgan fingerprint density at radius 3 is 2.82 bits per heavy atom. The second-order valence-electron chi connectivity index (χ2n) is 7.44. The zero-order valence-electron chi connectivity index (χ0n) is 16.5. The number of rotatable bonds is 5. The largest absolute Gasteiger partial charge is 0.493 e. The van der Waals surface area contributed by atoms with Crippen molar-refractivity contribution in [2.45, 2.75) is 26.3 Å². The van der Waals surface area contributed by atoms with Crippen molar-refractivity contribution < 1.29 is 9.53 Å². The number of fused-ring (bicyclic) bond motifs is 1. The SMILES string of the molecule is C=C1C=CC(N2CCN(Cc3ccc4c(c3)OCC4)CC2)=CN1NC(=O)CC. The van der Waals surface area contributed by atoms with E-state index in [-0.39, 0.29) is 5.91 Å². The van der Waals surface area contributed by atoms with Gasteiger partial charge in [-0.1, -0.05) is 25.6 Å². The van der Waals surface area contributed by atoms with Crippen LogP contribution in [0, 0.1) is 0 Å². The smallest absolute Gasteiger partial charge is 0.238 e. The zero-order valence-corrected chi connectivity index (χ0v) is 16.5. The van der Waals surface area contributed by atoms with E-state index < -0.39 is 0 Å². The molecule has 0 aliphatic carbocycles. The number of allylic oxidation sites excluding steroid dienone is 2. The van der Waals surface area contributed by atoms with Crippen LogP contribution in [0.2, 0.25) is 0 Å². The van der Waals surface area contributed by atoms with Crippen LogP contribution in [0.5, 0.6) is 5.75 Å². The van der Waals surface area contributed by atoms with Crippen LogP contribution in [-0.4, -0.2) is 53.5 Å². The summed E-state index contributed by atoms with van der Waals surface area (Å²) in [6.45, 7) is 11.5. The lowest BCUT2D eigenvalue weighted by Gasteiger charge is -2.38. The number of carbonyl (C=O) groups excluding carboxylic acids is 1. The van der Waals surface area contributed by atoms with Gasteiger partial charge in [0, 0.05) is 45.6 Å². The molecule has 0 bridgehead atoms. The van der Waals surface area contributed by atoms with Gasteiger partial charge in [0.25, 0.3) is 0 Å². The van der Waals surface area contributed by atoms with Gasteiger partial charge in [0.2, 0.25) is 5.91 Å². The number of hydrogen-bond acceptors (Lipinski definition) is 5. The highest BCUT2D eigenvalue weighted by Crippen LogP contribution is 2.27. The molecule has 0 unspecified atom stereocenters. The van der Waals surface area contributed by atoms with Crippen molar-refractivity contribution in [3.63, 3.8) is 0 Å². The zero-order chi connectivity index (χ0) is 19.5. The van der Waals surface area contributed by atoms with Crippen LogP contribution in [0.1, 0.15) is 24.5 Å². The van der Waals surface area contributed by atoms with Crippen molar-refractivity contribution in [1.82, 2.24) is 20.2 Å². The number of amides is 1. The molecule has 1 aromatic carbocycles. The monoisotopic (exact) mass is 380 g/mol. The number of nitrogens with one attached hydrogen (secondary N) is 1. The van der Waals surface area contributed by atoms with Crippen LogP contribution in [-0.2, 0) is 17.8 Å². The fourth-order valence-corrected chi connectivity index (χ4v) is 3.76. The van der Waals surface area contributed by atoms with Crippen molar-refractivity contribution in [1.29, 1.82) is 0 Å². The molecule has 3 aliphatic heterocycles. The van der Waals surface area contributed by atoms with E-state index in [9.17, 15) is 4.79 Å². The molecule has 3 heterocycles. The Morgan fingerprint density at radius 2 is 2.04 bits per heavy atom. The summed E-state index contributed by atoms with van der Waals surface area (Å²) in [5.41, 5.74) is 7.38. The van der Waals surface area contributed by atoms with Crippen molar-refractivity contribution >= 4 is 5.91 Å². The quantitative estimate of drug-likeness (QED) is 0.850. The fraction of sp³-hybridized carbons (Fsp3) is 0.409. The second kappa shape index (κ2) is 8.10. The van der Waals surface area contributed by atoms with E-state index in [0.29, 0.717) is 6.42 Å². The Labute approximate surface area is 166 Å². The molecule has 1 fully saturated rings. The first-order valence-corrected chi connectivity index (χ1v) is 10.0. The normalized spacial score (nSPS) is 19.3. The van der Waals surface area contributed by atoms with Crippen LogP contribution < -0.4 is 10.2 Å². The molecular weight excluding hydrogens is 352 g/mol. The lowest BCUT2D eigenvalue weighted by atomic mass is 10.1. The maximum Gasteiger partial charge on any atom is 0.238 e. The summed E-state index contributed by atoms with van der Waals surface area (Å²) < 4.78 is 5.70. The van der Waals surface area contributed by atoms with Crippen molar-refractivity contribution in [2.75, 3.05) is 32.8 Å². The van der Waals surface area contributed by atoms with E-state index in [0.717, 1.165) is 62.9 Å². The molecule has 1 N–H and O–H groups in total. The van der Waals surface area contributed by atoms with Crippen molar-refractivity contribution in [3.8, 4) is 5.75 Å². The average molecular weight is 380 g/mol. The van der Waals surface area contributed by atoms with Gasteiger partial charge in [-0.25, -0.2) is 0 Å². The molecule has 1 aromatic rings. The minimum atomic E-state index is -0.0183. The maximum atomic E-state index is 11.7. The van der Waals surface area contributed by atoms with Crippen LogP contribution in [0.15, 0.2) is 54.5 Å². The molecule has 6 nitrogen and oxygen atoms in total. The Bertz CT molecular complexity index is 822. The van der Waals surface area contributed by atoms with E-state index in [2.05, 4.69) is 46.1 Å². The predicted molar refractivity (Wildman–Crippen MR) is 109 cm³/mol. The Morgan fingerprint density at radius 1 is 1.21 bits per heavy atom. The standard InChI is InChI=1S/C22H28N4O2/c1-3-22(27)23-26-16-20(7-4-17(26)2)25-11-9-24(10-12-25)15-18-5-6-19-8-13-28-21(19)14-18/h4-7,14,16H,2-3,8-13,15H2,1H3,(H,23,27).